The van der Waals surface area contributed by atoms with Gasteiger partial charge in [-0.15, -0.1) is 0 Å². The first-order valence-electron chi connectivity index (χ1n) is 33.5. The summed E-state index contributed by atoms with van der Waals surface area (Å²) in [5, 5.41) is 285. The van der Waals surface area contributed by atoms with Crippen LogP contribution in [-0.4, -0.2) is 447 Å². The van der Waals surface area contributed by atoms with Gasteiger partial charge in [-0.2, -0.15) is 0 Å². The molecule has 0 aromatic heterocycles. The molecule has 7 saturated heterocycles. The number of hydrogen-bond donors (Lipinski definition) is 29. The summed E-state index contributed by atoms with van der Waals surface area (Å²) in [6.45, 7) is -5.89. The van der Waals surface area contributed by atoms with Gasteiger partial charge in [-0.3, -0.25) is 19.2 Å². The normalized spacial score (nSPS) is 43.4. The van der Waals surface area contributed by atoms with Crippen molar-refractivity contribution in [3.8, 4) is 0 Å². The standard InChI is InChI=1S/C59H96N4O45/c1-15(71)60-29-19(75)5-57(54(90)91,104-45(29)33(80)22(78)8-64)103-26(12-68)37(84)47-31(62-17(3)73)21(77)7-59(106-47,56(94)95)108-49-41(88)53(100-42-27(13-69)96-50(89)39(86)38(42)85)99-28(14-70)43(49)101-51-32(63-18(4)74)44(35(82)24(10-66)97-51)102-52-40(87)48(36(83)25(11-67)98-52)107-58(55(92)93)6-20(76)30(61-16(2)72)46(105-58)34(81)23(79)9-65/h19-53,64-70,75-89H,5-14H2,1-4H3,(H,60,71)(H,61,72)(H,62,73)(H,63,74)(H,90,91)(H,92,93)(H,94,95)/t19-,20-,21-,22+,23+,24+,25+,26+,27+,28+,29+,30+,31+,32+,33+,34+,35-,36-,37+,38+,39+,40+,41+,42+,43-,44+,45+,46+,47+,48-,49+,50+,51-,52-,53-,57+,58-,59-/m0/s1. The van der Waals surface area contributed by atoms with E-state index in [-0.39, 0.29) is 0 Å². The quantitative estimate of drug-likeness (QED) is 0.0297. The van der Waals surface area contributed by atoms with Crippen molar-refractivity contribution in [2.45, 2.75) is 278 Å². The minimum absolute atomic E-state index is 0.809. The summed E-state index contributed by atoms with van der Waals surface area (Å²) in [5.74, 6) is -21.5. The second kappa shape index (κ2) is 37.7. The fourth-order valence-electron chi connectivity index (χ4n) is 13.7. The Hall–Kier alpha value is -5.11. The fourth-order valence-corrected chi connectivity index (χ4v) is 13.7. The topological polar surface area (TPSA) is 793 Å². The van der Waals surface area contributed by atoms with E-state index < -0.39 is 339 Å². The molecule has 29 N–H and O–H groups in total. The highest BCUT2D eigenvalue weighted by Gasteiger charge is 2.66. The number of carbonyl (C=O) groups excluding carboxylic acids is 4. The maximum atomic E-state index is 14.2. The molecular weight excluding hydrogens is 1480 g/mol. The third-order valence-electron chi connectivity index (χ3n) is 19.1. The summed E-state index contributed by atoms with van der Waals surface area (Å²) in [6.07, 6.45) is -77.8. The van der Waals surface area contributed by atoms with Gasteiger partial charge in [-0.25, -0.2) is 14.4 Å². The molecule has 7 aliphatic rings. The first-order valence-corrected chi connectivity index (χ1v) is 33.5. The van der Waals surface area contributed by atoms with E-state index in [0.717, 1.165) is 27.7 Å². The lowest BCUT2D eigenvalue weighted by atomic mass is 9.87. The molecule has 49 heteroatoms. The SMILES string of the molecule is CC(=O)N[C@H]1[C@H](O[C@@H]2[C@H](O[C@]3(C(=O)O)C[C@H](O)[C@@H](NC(C)=O)[C@H]([C@H](O)[C@@H](CO)O[C@]4(C(=O)O)C[C@H](O)[C@@H](NC(C)=O)[C@H]([C@H](O)[C@H](O)CO)O4)O3)[C@@H](O)[C@H](O[C@H]3[C@H](O)[C@@H](O)[C@H](O)O[C@@H]3CO)O[C@@H]2CO)O[C@H](CO)[C@H](O)[C@@H]1O[C@@H]1O[C@H](CO)[C@H](O)[C@H](O[C@]2(C(=O)O)C[C@H](O)[C@@H](NC(C)=O)[C@H]([C@H](O)[C@H](O)CO)O2)[C@H]1O. The van der Waals surface area contributed by atoms with Crippen molar-refractivity contribution in [1.29, 1.82) is 0 Å². The Morgan fingerprint density at radius 3 is 1.13 bits per heavy atom. The first kappa shape index (κ1) is 90.1. The maximum absolute atomic E-state index is 14.2. The van der Waals surface area contributed by atoms with Gasteiger partial charge in [0, 0.05) is 47.0 Å². The van der Waals surface area contributed by atoms with Crippen LogP contribution < -0.4 is 21.3 Å². The second-order valence-electron chi connectivity index (χ2n) is 26.8. The van der Waals surface area contributed by atoms with Crippen molar-refractivity contribution in [3.05, 3.63) is 0 Å². The van der Waals surface area contributed by atoms with E-state index in [1.54, 1.807) is 0 Å². The Morgan fingerprint density at radius 2 is 0.722 bits per heavy atom. The molecule has 7 aliphatic heterocycles. The molecular formula is C59H96N4O45. The van der Waals surface area contributed by atoms with Crippen LogP contribution in [-0.2, 0) is 95.1 Å². The van der Waals surface area contributed by atoms with E-state index in [2.05, 4.69) is 21.3 Å². The van der Waals surface area contributed by atoms with E-state index in [1.165, 1.54) is 0 Å². The number of hydrogen-bond acceptors (Lipinski definition) is 42. The van der Waals surface area contributed by atoms with Gasteiger partial charge in [-0.05, 0) is 0 Å². The molecule has 622 valence electrons. The number of carboxylic acid groups (broad SMARTS) is 3. The number of carboxylic acids is 3. The summed E-state index contributed by atoms with van der Waals surface area (Å²) in [6, 6.07) is -8.01. The molecule has 0 aromatic carbocycles. The number of rotatable bonds is 32. The fraction of sp³-hybridized carbons (Fsp3) is 0.881. The van der Waals surface area contributed by atoms with Crippen LogP contribution in [0, 0.1) is 0 Å². The third kappa shape index (κ3) is 19.4. The zero-order valence-electron chi connectivity index (χ0n) is 57.6. The molecule has 38 atom stereocenters. The van der Waals surface area contributed by atoms with Gasteiger partial charge < -0.3 is 211 Å². The molecule has 0 unspecified atom stereocenters. The Labute approximate surface area is 609 Å². The summed E-state index contributed by atoms with van der Waals surface area (Å²) < 4.78 is 75.7. The molecule has 7 fully saturated rings. The van der Waals surface area contributed by atoms with Gasteiger partial charge in [0.25, 0.3) is 17.4 Å². The van der Waals surface area contributed by atoms with Gasteiger partial charge >= 0.3 is 17.9 Å². The van der Waals surface area contributed by atoms with Crippen LogP contribution in [0.1, 0.15) is 47.0 Å². The highest BCUT2D eigenvalue weighted by atomic mass is 16.8. The average Bonchev–Trinajstić information content (AvgIpc) is 0.749. The third-order valence-corrected chi connectivity index (χ3v) is 19.1. The summed E-state index contributed by atoms with van der Waals surface area (Å²) in [5.41, 5.74) is 0. The maximum Gasteiger partial charge on any atom is 0.364 e. The van der Waals surface area contributed by atoms with Crippen LogP contribution in [0.15, 0.2) is 0 Å². The molecule has 7 heterocycles. The van der Waals surface area contributed by atoms with Crippen molar-refractivity contribution < 1.29 is 223 Å². The molecule has 0 spiro atoms. The molecule has 0 radical (unpaired) electrons. The van der Waals surface area contributed by atoms with E-state index in [4.69, 9.17) is 61.6 Å². The largest absolute Gasteiger partial charge is 0.477 e. The minimum atomic E-state index is -3.75. The van der Waals surface area contributed by atoms with Crippen LogP contribution in [0.4, 0.5) is 0 Å². The first-order chi connectivity index (χ1) is 50.6. The predicted molar refractivity (Wildman–Crippen MR) is 330 cm³/mol. The number of aliphatic hydroxyl groups is 22. The molecule has 0 aromatic rings. The molecule has 0 aliphatic carbocycles. The van der Waals surface area contributed by atoms with Crippen LogP contribution in [0.25, 0.3) is 0 Å². The highest BCUT2D eigenvalue weighted by Crippen LogP contribution is 2.44. The van der Waals surface area contributed by atoms with E-state index >= 15 is 0 Å². The number of amides is 4. The lowest BCUT2D eigenvalue weighted by Gasteiger charge is -2.53. The van der Waals surface area contributed by atoms with Gasteiger partial charge in [0.2, 0.25) is 23.6 Å². The smallest absolute Gasteiger partial charge is 0.364 e. The van der Waals surface area contributed by atoms with Crippen LogP contribution in [0.3, 0.4) is 0 Å². The zero-order valence-corrected chi connectivity index (χ0v) is 57.6. The summed E-state index contributed by atoms with van der Waals surface area (Å²) >= 11 is 0. The number of aliphatic hydroxyl groups excluding tert-OH is 22. The van der Waals surface area contributed by atoms with Gasteiger partial charge in [0.15, 0.2) is 25.2 Å². The lowest BCUT2D eigenvalue weighted by molar-refractivity contribution is -0.405. The van der Waals surface area contributed by atoms with Crippen molar-refractivity contribution in [2.75, 3.05) is 46.2 Å². The number of aliphatic carboxylic acids is 3. The average molecular weight is 1580 g/mol. The Balaban J connectivity index is 1.31. The molecule has 4 amide bonds. The van der Waals surface area contributed by atoms with Gasteiger partial charge in [-0.1, -0.05) is 0 Å². The number of ether oxygens (including phenoxy) is 13. The van der Waals surface area contributed by atoms with Crippen molar-refractivity contribution >= 4 is 41.5 Å². The Bertz CT molecular complexity index is 3010. The van der Waals surface area contributed by atoms with Crippen LogP contribution in [0.5, 0.6) is 0 Å². The summed E-state index contributed by atoms with van der Waals surface area (Å²) in [7, 11) is 0. The molecule has 7 rings (SSSR count). The monoisotopic (exact) mass is 1580 g/mol. The highest BCUT2D eigenvalue weighted by molar-refractivity contribution is 5.78. The summed E-state index contributed by atoms with van der Waals surface area (Å²) in [4.78, 5) is 91.6. The van der Waals surface area contributed by atoms with E-state index in [0.29, 0.717) is 0 Å². The van der Waals surface area contributed by atoms with Crippen molar-refractivity contribution in [3.63, 3.8) is 0 Å². The van der Waals surface area contributed by atoms with E-state index in [1.807, 2.05) is 0 Å². The predicted octanol–water partition coefficient (Wildman–Crippen LogP) is -18.1. The number of nitrogens with one attached hydrogen (secondary N) is 4. The Morgan fingerprint density at radius 1 is 0.380 bits per heavy atom. The van der Waals surface area contributed by atoms with Crippen molar-refractivity contribution in [1.82, 2.24) is 21.3 Å². The van der Waals surface area contributed by atoms with Gasteiger partial charge in [0.1, 0.15) is 153 Å². The zero-order chi connectivity index (χ0) is 80.8. The van der Waals surface area contributed by atoms with Crippen molar-refractivity contribution in [2.24, 2.45) is 0 Å². The lowest BCUT2D eigenvalue weighted by Crippen LogP contribution is -2.73. The molecule has 0 bridgehead atoms. The number of carbonyl (C=O) groups is 7. The molecule has 108 heavy (non-hydrogen) atoms. The second-order valence-corrected chi connectivity index (χ2v) is 26.8. The van der Waals surface area contributed by atoms with Crippen LogP contribution >= 0.6 is 0 Å². The minimum Gasteiger partial charge on any atom is -0.477 e. The molecule has 49 nitrogen and oxygen atoms in total. The van der Waals surface area contributed by atoms with Gasteiger partial charge in [0.05, 0.1) is 82.7 Å². The Kier molecular flexibility index (Phi) is 31.4. The van der Waals surface area contributed by atoms with E-state index in [9.17, 15) is 161 Å². The van der Waals surface area contributed by atoms with Crippen LogP contribution in [0.2, 0.25) is 0 Å². The molecule has 0 saturated carbocycles.